The molecule has 0 spiro atoms. The normalized spacial score (nSPS) is 21.1. The first-order valence-electron chi connectivity index (χ1n) is 11.0. The number of aryl methyl sites for hydroxylation is 1. The molecule has 3 N–H and O–H groups in total. The molecule has 32 heavy (non-hydrogen) atoms. The number of hydrogen-bond acceptors (Lipinski definition) is 7. The quantitative estimate of drug-likeness (QED) is 0.267. The lowest BCUT2D eigenvalue weighted by Crippen LogP contribution is -2.23. The van der Waals surface area contributed by atoms with Gasteiger partial charge in [-0.05, 0) is 50.2 Å². The van der Waals surface area contributed by atoms with Gasteiger partial charge in [-0.1, -0.05) is 35.5 Å². The summed E-state index contributed by atoms with van der Waals surface area (Å²) in [5, 5.41) is 17.6. The molecule has 1 fully saturated rings. The third-order valence-electron chi connectivity index (χ3n) is 5.55. The Bertz CT molecular complexity index is 977. The lowest BCUT2D eigenvalue weighted by atomic mass is 10.0. The van der Waals surface area contributed by atoms with E-state index in [4.69, 9.17) is 0 Å². The van der Waals surface area contributed by atoms with Crippen molar-refractivity contribution in [2.45, 2.75) is 44.8 Å². The van der Waals surface area contributed by atoms with Crippen LogP contribution >= 0.6 is 0 Å². The van der Waals surface area contributed by atoms with E-state index in [1.165, 1.54) is 6.92 Å². The highest BCUT2D eigenvalue weighted by molar-refractivity contribution is 6.43. The fourth-order valence-corrected chi connectivity index (χ4v) is 3.89. The summed E-state index contributed by atoms with van der Waals surface area (Å²) in [6, 6.07) is 9.40. The first-order chi connectivity index (χ1) is 15.5. The number of para-hydroxylation sites is 1. The van der Waals surface area contributed by atoms with Gasteiger partial charge in [0.05, 0.1) is 18.4 Å². The van der Waals surface area contributed by atoms with Crippen molar-refractivity contribution in [1.29, 1.82) is 0 Å². The SMILES string of the molecule is CC(=O)CNCCC/N=C1/C(=O)C[C@@H](N=O)[C@@H]1/C=C/C(O)CCc1cc2ccccc2[nH]1. The van der Waals surface area contributed by atoms with Gasteiger partial charge in [-0.2, -0.15) is 4.91 Å². The molecule has 8 heteroatoms. The van der Waals surface area contributed by atoms with Crippen LogP contribution in [0.4, 0.5) is 0 Å². The van der Waals surface area contributed by atoms with E-state index in [0.717, 1.165) is 16.6 Å². The Morgan fingerprint density at radius 1 is 1.38 bits per heavy atom. The summed E-state index contributed by atoms with van der Waals surface area (Å²) in [4.78, 5) is 42.2. The number of nitroso groups, excluding NO2 is 1. The van der Waals surface area contributed by atoms with E-state index in [-0.39, 0.29) is 18.0 Å². The van der Waals surface area contributed by atoms with E-state index in [2.05, 4.69) is 26.5 Å². The van der Waals surface area contributed by atoms with Crippen LogP contribution < -0.4 is 5.32 Å². The maximum absolute atomic E-state index is 12.3. The number of carbonyl (C=O) groups excluding carboxylic acids is 2. The first-order valence-corrected chi connectivity index (χ1v) is 11.0. The zero-order valence-corrected chi connectivity index (χ0v) is 18.3. The lowest BCUT2D eigenvalue weighted by Gasteiger charge is -2.10. The molecule has 2 aromatic rings. The van der Waals surface area contributed by atoms with Gasteiger partial charge in [0.1, 0.15) is 11.8 Å². The second kappa shape index (κ2) is 11.6. The molecule has 3 rings (SSSR count). The van der Waals surface area contributed by atoms with Gasteiger partial charge < -0.3 is 15.4 Å². The van der Waals surface area contributed by atoms with Crippen molar-refractivity contribution >= 4 is 28.2 Å². The number of H-pyrrole nitrogens is 1. The van der Waals surface area contributed by atoms with Gasteiger partial charge in [0.2, 0.25) is 0 Å². The van der Waals surface area contributed by atoms with Crippen molar-refractivity contribution in [1.82, 2.24) is 10.3 Å². The molecule has 1 heterocycles. The Labute approximate surface area is 187 Å². The van der Waals surface area contributed by atoms with Crippen LogP contribution in [0.2, 0.25) is 0 Å². The van der Waals surface area contributed by atoms with Crippen molar-refractivity contribution < 1.29 is 14.7 Å². The fraction of sp³-hybridized carbons (Fsp3) is 0.458. The maximum Gasteiger partial charge on any atom is 0.179 e. The fourth-order valence-electron chi connectivity index (χ4n) is 3.89. The number of rotatable bonds is 12. The topological polar surface area (TPSA) is 124 Å². The number of aromatic nitrogens is 1. The van der Waals surface area contributed by atoms with Crippen molar-refractivity contribution in [2.24, 2.45) is 16.1 Å². The van der Waals surface area contributed by atoms with Crippen LogP contribution in [-0.4, -0.2) is 59.1 Å². The van der Waals surface area contributed by atoms with Gasteiger partial charge in [-0.3, -0.25) is 14.6 Å². The highest BCUT2D eigenvalue weighted by atomic mass is 16.3. The van der Waals surface area contributed by atoms with Gasteiger partial charge in [0.15, 0.2) is 5.78 Å². The van der Waals surface area contributed by atoms with Crippen LogP contribution in [0.3, 0.4) is 0 Å². The summed E-state index contributed by atoms with van der Waals surface area (Å²) < 4.78 is 0. The Morgan fingerprint density at radius 2 is 2.19 bits per heavy atom. The number of aliphatic hydroxyl groups is 1. The highest BCUT2D eigenvalue weighted by Gasteiger charge is 2.38. The second-order valence-corrected chi connectivity index (χ2v) is 8.20. The van der Waals surface area contributed by atoms with Crippen LogP contribution in [0.25, 0.3) is 10.9 Å². The zero-order chi connectivity index (χ0) is 22.9. The van der Waals surface area contributed by atoms with Crippen LogP contribution in [-0.2, 0) is 16.0 Å². The average molecular weight is 439 g/mol. The van der Waals surface area contributed by atoms with Crippen LogP contribution in [0.1, 0.15) is 31.9 Å². The van der Waals surface area contributed by atoms with E-state index in [0.29, 0.717) is 44.6 Å². The number of nitrogens with zero attached hydrogens (tertiary/aromatic N) is 2. The standard InChI is InChI=1S/C24H30N4O4/c1-16(29)15-25-11-4-12-26-24-20(22(28-32)14-23(24)31)10-9-19(30)8-7-18-13-17-5-2-3-6-21(17)27-18/h2-3,5-6,9-10,13,19-20,22,25,27,30H,4,7-8,11-12,14-15H2,1H3/b10-9+,26-24+/t19?,20-,22+/m0/s1. The number of Topliss-reactive ketones (excluding diaryl/α,β-unsaturated/α-hetero) is 2. The molecule has 0 saturated heterocycles. The van der Waals surface area contributed by atoms with Crippen molar-refractivity contribution in [3.63, 3.8) is 0 Å². The summed E-state index contributed by atoms with van der Waals surface area (Å²) in [6.45, 7) is 2.87. The smallest absolute Gasteiger partial charge is 0.179 e. The molecule has 1 aromatic heterocycles. The molecule has 1 unspecified atom stereocenters. The average Bonchev–Trinajstić information content (AvgIpc) is 3.33. The lowest BCUT2D eigenvalue weighted by molar-refractivity contribution is -0.116. The van der Waals surface area contributed by atoms with Crippen LogP contribution in [0.5, 0.6) is 0 Å². The minimum absolute atomic E-state index is 0.0467. The summed E-state index contributed by atoms with van der Waals surface area (Å²) in [6.07, 6.45) is 4.53. The largest absolute Gasteiger partial charge is 0.389 e. The Balaban J connectivity index is 1.54. The second-order valence-electron chi connectivity index (χ2n) is 8.20. The Hall–Kier alpha value is -2.97. The molecule has 1 aliphatic carbocycles. The molecule has 0 aliphatic heterocycles. The number of fused-ring (bicyclic) bond motifs is 1. The van der Waals surface area contributed by atoms with E-state index in [1.807, 2.05) is 24.3 Å². The van der Waals surface area contributed by atoms with Gasteiger partial charge >= 0.3 is 0 Å². The molecule has 0 bridgehead atoms. The third-order valence-corrected chi connectivity index (χ3v) is 5.55. The molecule has 1 saturated carbocycles. The number of nitrogens with one attached hydrogen (secondary N) is 2. The summed E-state index contributed by atoms with van der Waals surface area (Å²) in [5.41, 5.74) is 2.46. The predicted molar refractivity (Wildman–Crippen MR) is 125 cm³/mol. The summed E-state index contributed by atoms with van der Waals surface area (Å²) in [7, 11) is 0. The monoisotopic (exact) mass is 438 g/mol. The number of aliphatic hydroxyl groups excluding tert-OH is 1. The minimum Gasteiger partial charge on any atom is -0.389 e. The van der Waals surface area contributed by atoms with Crippen molar-refractivity contribution in [3.05, 3.63) is 53.1 Å². The number of aliphatic imine (C=N–C) groups is 1. The van der Waals surface area contributed by atoms with Crippen molar-refractivity contribution in [3.8, 4) is 0 Å². The summed E-state index contributed by atoms with van der Waals surface area (Å²) in [5.74, 6) is -0.614. The maximum atomic E-state index is 12.3. The number of aromatic amines is 1. The first kappa shape index (κ1) is 23.7. The highest BCUT2D eigenvalue weighted by Crippen LogP contribution is 2.26. The number of ketones is 2. The van der Waals surface area contributed by atoms with Gasteiger partial charge in [0.25, 0.3) is 0 Å². The van der Waals surface area contributed by atoms with E-state index >= 15 is 0 Å². The molecular formula is C24H30N4O4. The van der Waals surface area contributed by atoms with Crippen LogP contribution in [0.15, 0.2) is 52.7 Å². The molecular weight excluding hydrogens is 408 g/mol. The number of carbonyl (C=O) groups is 2. The zero-order valence-electron chi connectivity index (χ0n) is 18.3. The van der Waals surface area contributed by atoms with E-state index < -0.39 is 18.1 Å². The molecule has 0 radical (unpaired) electrons. The molecule has 8 nitrogen and oxygen atoms in total. The Morgan fingerprint density at radius 3 is 2.94 bits per heavy atom. The predicted octanol–water partition coefficient (Wildman–Crippen LogP) is 2.75. The Kier molecular flexibility index (Phi) is 8.58. The van der Waals surface area contributed by atoms with Crippen molar-refractivity contribution in [2.75, 3.05) is 19.6 Å². The van der Waals surface area contributed by atoms with Gasteiger partial charge in [-0.25, -0.2) is 0 Å². The third kappa shape index (κ3) is 6.51. The molecule has 3 atom stereocenters. The minimum atomic E-state index is -0.707. The number of benzene rings is 1. The van der Waals surface area contributed by atoms with E-state index in [1.54, 1.807) is 12.2 Å². The molecule has 170 valence electrons. The van der Waals surface area contributed by atoms with Gasteiger partial charge in [0, 0.05) is 30.1 Å². The number of hydrogen-bond donors (Lipinski definition) is 3. The van der Waals surface area contributed by atoms with Gasteiger partial charge in [-0.15, -0.1) is 0 Å². The molecule has 1 aliphatic rings. The van der Waals surface area contributed by atoms with E-state index in [9.17, 15) is 19.6 Å². The van der Waals surface area contributed by atoms with Crippen LogP contribution in [0, 0.1) is 10.8 Å². The molecule has 1 aromatic carbocycles. The molecule has 0 amide bonds. The summed E-state index contributed by atoms with van der Waals surface area (Å²) >= 11 is 0.